The molecule has 0 atom stereocenters. The zero-order valence-corrected chi connectivity index (χ0v) is 18.4. The Morgan fingerprint density at radius 1 is 1.28 bits per heavy atom. The third-order valence-corrected chi connectivity index (χ3v) is 5.00. The highest BCUT2D eigenvalue weighted by Crippen LogP contribution is 2.24. The molecule has 32 heavy (non-hydrogen) atoms. The van der Waals surface area contributed by atoms with Gasteiger partial charge in [0, 0.05) is 30.7 Å². The number of carbonyl (C=O) groups is 2. The van der Waals surface area contributed by atoms with Crippen LogP contribution in [0.15, 0.2) is 45.7 Å². The highest BCUT2D eigenvalue weighted by Gasteiger charge is 2.38. The number of nitrogens with two attached hydrogens (primary N) is 1. The number of carbonyl (C=O) groups excluding carboxylic acids is 2. The second-order valence-electron chi connectivity index (χ2n) is 7.18. The van der Waals surface area contributed by atoms with Crippen molar-refractivity contribution in [2.75, 3.05) is 26.9 Å². The second-order valence-corrected chi connectivity index (χ2v) is 7.18. The molecule has 2 N–H and O–H groups in total. The number of methoxy groups -OCH3 is 1. The molecule has 1 aliphatic heterocycles. The van der Waals surface area contributed by atoms with Gasteiger partial charge in [0.1, 0.15) is 24.7 Å². The monoisotopic (exact) mass is 441 g/mol. The quantitative estimate of drug-likeness (QED) is 0.340. The number of para-hydroxylation sites is 1. The maximum atomic E-state index is 13.0. The van der Waals surface area contributed by atoms with Crippen molar-refractivity contribution < 1.29 is 23.6 Å². The van der Waals surface area contributed by atoms with E-state index in [0.717, 1.165) is 21.7 Å². The SMILES string of the molecule is COCCOc1ccccc1CN1CC(=O)N(C(C=NCc2c(C)noc2C)=CN)C1=O. The fourth-order valence-electron chi connectivity index (χ4n) is 3.28. The van der Waals surface area contributed by atoms with Gasteiger partial charge < -0.3 is 24.6 Å². The molecule has 0 radical (unpaired) electrons. The molecule has 1 aliphatic rings. The van der Waals surface area contributed by atoms with Gasteiger partial charge in [0.05, 0.1) is 31.1 Å². The first-order valence-corrected chi connectivity index (χ1v) is 10.1. The molecule has 2 aromatic rings. The predicted molar refractivity (Wildman–Crippen MR) is 117 cm³/mol. The lowest BCUT2D eigenvalue weighted by molar-refractivity contribution is -0.123. The highest BCUT2D eigenvalue weighted by molar-refractivity contribution is 6.07. The Balaban J connectivity index is 1.69. The van der Waals surface area contributed by atoms with Crippen molar-refractivity contribution in [3.05, 3.63) is 58.7 Å². The van der Waals surface area contributed by atoms with Gasteiger partial charge in [-0.25, -0.2) is 9.69 Å². The van der Waals surface area contributed by atoms with E-state index < -0.39 is 6.03 Å². The minimum Gasteiger partial charge on any atom is -0.491 e. The number of aliphatic imine (C=N–C) groups is 1. The number of nitrogens with zero attached hydrogens (tertiary/aromatic N) is 4. The fraction of sp³-hybridized carbons (Fsp3) is 0.364. The van der Waals surface area contributed by atoms with E-state index in [1.165, 1.54) is 17.3 Å². The molecule has 1 aromatic heterocycles. The first kappa shape index (κ1) is 23.0. The number of benzene rings is 1. The van der Waals surface area contributed by atoms with Gasteiger partial charge in [-0.05, 0) is 19.9 Å². The molecule has 0 unspecified atom stereocenters. The van der Waals surface area contributed by atoms with Crippen molar-refractivity contribution in [2.24, 2.45) is 10.7 Å². The summed E-state index contributed by atoms with van der Waals surface area (Å²) in [6, 6.07) is 6.90. The summed E-state index contributed by atoms with van der Waals surface area (Å²) in [5.74, 6) is 0.927. The van der Waals surface area contributed by atoms with Crippen LogP contribution in [0.5, 0.6) is 5.75 Å². The number of aryl methyl sites for hydroxylation is 2. The minimum atomic E-state index is -0.470. The molecule has 1 fully saturated rings. The lowest BCUT2D eigenvalue weighted by Gasteiger charge is -2.19. The summed E-state index contributed by atoms with van der Waals surface area (Å²) in [7, 11) is 1.60. The Morgan fingerprint density at radius 3 is 2.75 bits per heavy atom. The normalized spacial score (nSPS) is 14.8. The zero-order valence-electron chi connectivity index (χ0n) is 18.4. The lowest BCUT2D eigenvalue weighted by Crippen LogP contribution is -2.33. The molecule has 170 valence electrons. The van der Waals surface area contributed by atoms with Crippen LogP contribution in [0, 0.1) is 13.8 Å². The number of ether oxygens (including phenoxy) is 2. The average Bonchev–Trinajstić information content (AvgIpc) is 3.25. The van der Waals surface area contributed by atoms with Gasteiger partial charge >= 0.3 is 6.03 Å². The number of imide groups is 1. The van der Waals surface area contributed by atoms with E-state index in [1.54, 1.807) is 14.0 Å². The van der Waals surface area contributed by atoms with Gasteiger partial charge in [-0.2, -0.15) is 0 Å². The summed E-state index contributed by atoms with van der Waals surface area (Å²) < 4.78 is 15.9. The van der Waals surface area contributed by atoms with Crippen LogP contribution in [0.4, 0.5) is 4.79 Å². The number of aromatic nitrogens is 1. The summed E-state index contributed by atoms with van der Waals surface area (Å²) in [6.45, 7) is 4.90. The Bertz CT molecular complexity index is 1010. The maximum absolute atomic E-state index is 13.0. The second kappa shape index (κ2) is 10.6. The van der Waals surface area contributed by atoms with Crippen molar-refractivity contribution in [3.63, 3.8) is 0 Å². The molecule has 10 nitrogen and oxygen atoms in total. The topological polar surface area (TPSA) is 123 Å². The molecular weight excluding hydrogens is 414 g/mol. The number of hydrogen-bond acceptors (Lipinski definition) is 8. The van der Waals surface area contributed by atoms with Crippen molar-refractivity contribution >= 4 is 18.2 Å². The number of rotatable bonds is 10. The molecule has 0 aliphatic carbocycles. The van der Waals surface area contributed by atoms with E-state index in [4.69, 9.17) is 19.7 Å². The zero-order chi connectivity index (χ0) is 23.1. The van der Waals surface area contributed by atoms with Gasteiger partial charge in [-0.3, -0.25) is 9.79 Å². The van der Waals surface area contributed by atoms with Crippen LogP contribution >= 0.6 is 0 Å². The molecule has 0 spiro atoms. The molecule has 1 saturated heterocycles. The standard InChI is InChI=1S/C22H27N5O5/c1-15-19(16(2)32-25-15)12-24-11-18(10-23)27-21(28)14-26(22(27)29)13-17-6-4-5-7-20(17)31-9-8-30-3/h4-7,10-11H,8-9,12-14,23H2,1-3H3. The van der Waals surface area contributed by atoms with Gasteiger partial charge in [-0.15, -0.1) is 0 Å². The van der Waals surface area contributed by atoms with Crippen LogP contribution in [-0.2, 0) is 22.6 Å². The van der Waals surface area contributed by atoms with Gasteiger partial charge in [-0.1, -0.05) is 23.4 Å². The van der Waals surface area contributed by atoms with E-state index in [-0.39, 0.29) is 24.7 Å². The number of amides is 3. The van der Waals surface area contributed by atoms with Crippen molar-refractivity contribution in [2.45, 2.75) is 26.9 Å². The third-order valence-electron chi connectivity index (χ3n) is 5.00. The van der Waals surface area contributed by atoms with Crippen LogP contribution in [0.1, 0.15) is 22.6 Å². The molecule has 0 bridgehead atoms. The number of urea groups is 1. The van der Waals surface area contributed by atoms with Crippen LogP contribution < -0.4 is 10.5 Å². The lowest BCUT2D eigenvalue weighted by atomic mass is 10.2. The van der Waals surface area contributed by atoms with Crippen LogP contribution in [0.3, 0.4) is 0 Å². The van der Waals surface area contributed by atoms with Gasteiger partial charge in [0.15, 0.2) is 0 Å². The molecule has 2 heterocycles. The van der Waals surface area contributed by atoms with E-state index in [9.17, 15) is 9.59 Å². The molecule has 10 heteroatoms. The van der Waals surface area contributed by atoms with Crippen LogP contribution in [0.2, 0.25) is 0 Å². The molecule has 3 rings (SSSR count). The van der Waals surface area contributed by atoms with Crippen molar-refractivity contribution in [1.29, 1.82) is 0 Å². The predicted octanol–water partition coefficient (Wildman–Crippen LogP) is 2.15. The van der Waals surface area contributed by atoms with E-state index >= 15 is 0 Å². The summed E-state index contributed by atoms with van der Waals surface area (Å²) in [5, 5.41) is 3.89. The smallest absolute Gasteiger partial charge is 0.332 e. The Kier molecular flexibility index (Phi) is 7.61. The number of allylic oxidation sites excluding steroid dienone is 1. The highest BCUT2D eigenvalue weighted by atomic mass is 16.5. The van der Waals surface area contributed by atoms with E-state index in [1.807, 2.05) is 31.2 Å². The summed E-state index contributed by atoms with van der Waals surface area (Å²) in [5.41, 5.74) is 8.29. The summed E-state index contributed by atoms with van der Waals surface area (Å²) in [4.78, 5) is 32.4. The van der Waals surface area contributed by atoms with Gasteiger partial charge in [0.2, 0.25) is 0 Å². The van der Waals surface area contributed by atoms with Crippen molar-refractivity contribution in [1.82, 2.24) is 15.0 Å². The Labute approximate surface area is 186 Å². The van der Waals surface area contributed by atoms with Crippen LogP contribution in [0.25, 0.3) is 0 Å². The largest absolute Gasteiger partial charge is 0.491 e. The summed E-state index contributed by atoms with van der Waals surface area (Å²) >= 11 is 0. The first-order valence-electron chi connectivity index (χ1n) is 10.1. The minimum absolute atomic E-state index is 0.0692. The van der Waals surface area contributed by atoms with Crippen LogP contribution in [-0.4, -0.2) is 60.0 Å². The molecular formula is C22H27N5O5. The first-order chi connectivity index (χ1) is 15.5. The Hall–Kier alpha value is -3.66. The van der Waals surface area contributed by atoms with E-state index in [2.05, 4.69) is 10.1 Å². The maximum Gasteiger partial charge on any atom is 0.332 e. The number of hydrogen-bond donors (Lipinski definition) is 1. The average molecular weight is 441 g/mol. The van der Waals surface area contributed by atoms with E-state index in [0.29, 0.717) is 31.3 Å². The molecule has 0 saturated carbocycles. The Morgan fingerprint density at radius 2 is 2.06 bits per heavy atom. The summed E-state index contributed by atoms with van der Waals surface area (Å²) in [6.07, 6.45) is 2.60. The third kappa shape index (κ3) is 5.14. The van der Waals surface area contributed by atoms with Gasteiger partial charge in [0.25, 0.3) is 5.91 Å². The molecule has 1 aromatic carbocycles. The van der Waals surface area contributed by atoms with Crippen molar-refractivity contribution in [3.8, 4) is 5.75 Å². The molecule has 3 amide bonds. The fourth-order valence-corrected chi connectivity index (χ4v) is 3.28.